The fourth-order valence-corrected chi connectivity index (χ4v) is 1.63. The number of carbonyl (C=O) groups excluding carboxylic acids is 1. The van der Waals surface area contributed by atoms with Gasteiger partial charge in [-0.3, -0.25) is 0 Å². The normalized spacial score (nSPS) is 15.9. The number of hydrogen-bond donors (Lipinski definition) is 0. The number of carbonyl (C=O) groups is 1. The fourth-order valence-electron chi connectivity index (χ4n) is 1.63. The zero-order valence-electron chi connectivity index (χ0n) is 7.67. The lowest BCUT2D eigenvalue weighted by molar-refractivity contribution is 0.0513. The molecule has 1 aliphatic rings. The van der Waals surface area contributed by atoms with Gasteiger partial charge in [-0.15, -0.1) is 0 Å². The Hall–Kier alpha value is -1.31. The van der Waals surface area contributed by atoms with Gasteiger partial charge in [-0.25, -0.2) is 4.79 Å². The van der Waals surface area contributed by atoms with Crippen molar-refractivity contribution in [2.75, 3.05) is 6.61 Å². The number of benzene rings is 1. The molecule has 1 aromatic carbocycles. The van der Waals surface area contributed by atoms with Gasteiger partial charge >= 0.3 is 5.97 Å². The molecular weight excluding hydrogens is 164 g/mol. The quantitative estimate of drug-likeness (QED) is 0.566. The zero-order chi connectivity index (χ0) is 9.26. The summed E-state index contributed by atoms with van der Waals surface area (Å²) >= 11 is 0. The molecule has 0 spiro atoms. The molecule has 0 aliphatic carbocycles. The molecule has 2 rings (SSSR count). The van der Waals surface area contributed by atoms with E-state index < -0.39 is 0 Å². The highest BCUT2D eigenvalue weighted by Gasteiger charge is 2.15. The molecule has 0 bridgehead atoms. The molecule has 1 aliphatic heterocycles. The van der Waals surface area contributed by atoms with E-state index in [0.717, 1.165) is 24.0 Å². The average molecular weight is 176 g/mol. The first-order valence-electron chi connectivity index (χ1n) is 4.54. The van der Waals surface area contributed by atoms with E-state index in [1.807, 2.05) is 19.1 Å². The van der Waals surface area contributed by atoms with Crippen molar-refractivity contribution in [2.24, 2.45) is 0 Å². The average Bonchev–Trinajstić information content (AvgIpc) is 2.28. The lowest BCUT2D eigenvalue weighted by Gasteiger charge is -2.03. The van der Waals surface area contributed by atoms with Crippen molar-refractivity contribution >= 4 is 5.97 Å². The molecule has 68 valence electrons. The summed E-state index contributed by atoms with van der Waals surface area (Å²) in [6, 6.07) is 5.88. The molecule has 0 atom stereocenters. The maximum Gasteiger partial charge on any atom is 0.338 e. The smallest absolute Gasteiger partial charge is 0.338 e. The molecule has 13 heavy (non-hydrogen) atoms. The van der Waals surface area contributed by atoms with Gasteiger partial charge in [0.1, 0.15) is 0 Å². The van der Waals surface area contributed by atoms with E-state index in [2.05, 4.69) is 6.07 Å². The third-order valence-corrected chi connectivity index (χ3v) is 2.30. The zero-order valence-corrected chi connectivity index (χ0v) is 7.67. The Labute approximate surface area is 77.5 Å². The highest BCUT2D eigenvalue weighted by Crippen LogP contribution is 2.17. The van der Waals surface area contributed by atoms with Crippen molar-refractivity contribution in [2.45, 2.75) is 19.8 Å². The Morgan fingerprint density at radius 2 is 2.23 bits per heavy atom. The number of aryl methyl sites for hydroxylation is 2. The van der Waals surface area contributed by atoms with Gasteiger partial charge in [0, 0.05) is 0 Å². The van der Waals surface area contributed by atoms with E-state index >= 15 is 0 Å². The Bertz CT molecular complexity index is 342. The Kier molecular flexibility index (Phi) is 2.05. The minimum Gasteiger partial charge on any atom is -0.462 e. The van der Waals surface area contributed by atoms with E-state index in [9.17, 15) is 4.79 Å². The maximum atomic E-state index is 11.4. The third kappa shape index (κ3) is 1.57. The lowest BCUT2D eigenvalue weighted by atomic mass is 10.0. The van der Waals surface area contributed by atoms with Crippen LogP contribution in [0.4, 0.5) is 0 Å². The summed E-state index contributed by atoms with van der Waals surface area (Å²) in [7, 11) is 0. The molecule has 0 amide bonds. The summed E-state index contributed by atoms with van der Waals surface area (Å²) in [4.78, 5) is 11.4. The molecule has 2 nitrogen and oxygen atoms in total. The Morgan fingerprint density at radius 1 is 1.38 bits per heavy atom. The lowest BCUT2D eigenvalue weighted by Crippen LogP contribution is -2.04. The first-order valence-corrected chi connectivity index (χ1v) is 4.54. The summed E-state index contributed by atoms with van der Waals surface area (Å²) in [6.45, 7) is 2.59. The molecule has 0 unspecified atom stereocenters. The minimum absolute atomic E-state index is 0.174. The van der Waals surface area contributed by atoms with Crippen LogP contribution in [0.25, 0.3) is 0 Å². The second-order valence-electron chi connectivity index (χ2n) is 3.40. The Balaban J connectivity index is 2.48. The number of ether oxygens (including phenoxy) is 1. The van der Waals surface area contributed by atoms with Gasteiger partial charge in [0.15, 0.2) is 0 Å². The van der Waals surface area contributed by atoms with Crippen LogP contribution in [0.2, 0.25) is 0 Å². The van der Waals surface area contributed by atoms with E-state index in [-0.39, 0.29) is 5.97 Å². The molecule has 2 heteroatoms. The minimum atomic E-state index is -0.174. The molecule has 0 fully saturated rings. The van der Waals surface area contributed by atoms with Gasteiger partial charge in [0.05, 0.1) is 12.2 Å². The van der Waals surface area contributed by atoms with E-state index in [4.69, 9.17) is 4.74 Å². The standard InChI is InChI=1S/C11H12O2/c1-8-4-5-10-9(7-8)3-2-6-13-11(10)12/h4-5,7H,2-3,6H2,1H3. The molecular formula is C11H12O2. The number of cyclic esters (lactones) is 1. The van der Waals surface area contributed by atoms with Crippen LogP contribution in [0.1, 0.15) is 27.9 Å². The summed E-state index contributed by atoms with van der Waals surface area (Å²) < 4.78 is 5.03. The maximum absolute atomic E-state index is 11.4. The van der Waals surface area contributed by atoms with Gasteiger partial charge in [-0.1, -0.05) is 17.7 Å². The summed E-state index contributed by atoms with van der Waals surface area (Å²) in [5.41, 5.74) is 3.07. The summed E-state index contributed by atoms with van der Waals surface area (Å²) in [5.74, 6) is -0.174. The van der Waals surface area contributed by atoms with Crippen molar-refractivity contribution in [3.63, 3.8) is 0 Å². The third-order valence-electron chi connectivity index (χ3n) is 2.30. The summed E-state index contributed by atoms with van der Waals surface area (Å²) in [6.07, 6.45) is 1.88. The van der Waals surface area contributed by atoms with Crippen molar-refractivity contribution in [3.8, 4) is 0 Å². The van der Waals surface area contributed by atoms with Crippen LogP contribution < -0.4 is 0 Å². The number of hydrogen-bond acceptors (Lipinski definition) is 2. The van der Waals surface area contributed by atoms with Gasteiger partial charge in [-0.2, -0.15) is 0 Å². The van der Waals surface area contributed by atoms with Crippen molar-refractivity contribution in [1.82, 2.24) is 0 Å². The predicted molar refractivity (Wildman–Crippen MR) is 49.8 cm³/mol. The first-order chi connectivity index (χ1) is 6.27. The van der Waals surface area contributed by atoms with Crippen LogP contribution in [0.15, 0.2) is 18.2 Å². The van der Waals surface area contributed by atoms with E-state index in [1.54, 1.807) is 0 Å². The van der Waals surface area contributed by atoms with Crippen molar-refractivity contribution in [3.05, 3.63) is 34.9 Å². The van der Waals surface area contributed by atoms with Crippen LogP contribution >= 0.6 is 0 Å². The molecule has 0 radical (unpaired) electrons. The van der Waals surface area contributed by atoms with Crippen LogP contribution in [-0.4, -0.2) is 12.6 Å². The SMILES string of the molecule is Cc1ccc2c(c1)CCCOC2=O. The largest absolute Gasteiger partial charge is 0.462 e. The number of esters is 1. The highest BCUT2D eigenvalue weighted by molar-refractivity contribution is 5.91. The van der Waals surface area contributed by atoms with Gasteiger partial charge in [0.2, 0.25) is 0 Å². The molecule has 1 aromatic rings. The molecule has 1 heterocycles. The summed E-state index contributed by atoms with van der Waals surface area (Å²) in [5, 5.41) is 0. The topological polar surface area (TPSA) is 26.3 Å². The number of rotatable bonds is 0. The van der Waals surface area contributed by atoms with Crippen molar-refractivity contribution < 1.29 is 9.53 Å². The van der Waals surface area contributed by atoms with Crippen molar-refractivity contribution in [1.29, 1.82) is 0 Å². The highest BCUT2D eigenvalue weighted by atomic mass is 16.5. The van der Waals surface area contributed by atoms with Crippen LogP contribution in [0, 0.1) is 6.92 Å². The second-order valence-corrected chi connectivity index (χ2v) is 3.40. The first kappa shape index (κ1) is 8.30. The van der Waals surface area contributed by atoms with Crippen LogP contribution in [0.5, 0.6) is 0 Å². The predicted octanol–water partition coefficient (Wildman–Crippen LogP) is 2.10. The monoisotopic (exact) mass is 176 g/mol. The number of fused-ring (bicyclic) bond motifs is 1. The van der Waals surface area contributed by atoms with Crippen LogP contribution in [-0.2, 0) is 11.2 Å². The Morgan fingerprint density at radius 3 is 3.08 bits per heavy atom. The van der Waals surface area contributed by atoms with Gasteiger partial charge in [-0.05, 0) is 31.4 Å². The van der Waals surface area contributed by atoms with Gasteiger partial charge in [0.25, 0.3) is 0 Å². The molecule has 0 saturated heterocycles. The van der Waals surface area contributed by atoms with Crippen LogP contribution in [0.3, 0.4) is 0 Å². The second kappa shape index (κ2) is 3.21. The molecule has 0 saturated carbocycles. The van der Waals surface area contributed by atoms with Gasteiger partial charge < -0.3 is 4.74 Å². The van der Waals surface area contributed by atoms with E-state index in [1.165, 1.54) is 5.56 Å². The molecule has 0 aromatic heterocycles. The van der Waals surface area contributed by atoms with E-state index in [0.29, 0.717) is 6.61 Å². The molecule has 0 N–H and O–H groups in total. The fraction of sp³-hybridized carbons (Fsp3) is 0.364.